The Morgan fingerprint density at radius 2 is 2.08 bits per heavy atom. The number of primary amides is 1. The number of carbonyl (C=O) groups excluding carboxylic acids is 1. The van der Waals surface area contributed by atoms with E-state index in [1.165, 1.54) is 19.3 Å². The molecule has 1 unspecified atom stereocenters. The minimum absolute atomic E-state index is 0.384. The van der Waals surface area contributed by atoms with Gasteiger partial charge in [0.2, 0.25) is 5.91 Å². The number of unbranched alkanes of at least 4 members (excludes halogenated alkanes) is 3. The average Bonchev–Trinajstić information content (AvgIpc) is 2.03. The molecule has 0 saturated heterocycles. The molecule has 72 valence electrons. The summed E-state index contributed by atoms with van der Waals surface area (Å²) in [5.74, 6) is -0.384. The minimum atomic E-state index is -0.438. The van der Waals surface area contributed by atoms with Gasteiger partial charge in [-0.3, -0.25) is 4.79 Å². The van der Waals surface area contributed by atoms with E-state index in [0.717, 1.165) is 6.42 Å². The van der Waals surface area contributed by atoms with Crippen molar-refractivity contribution in [3.63, 3.8) is 0 Å². The molecule has 0 saturated carbocycles. The lowest BCUT2D eigenvalue weighted by Gasteiger charge is -2.08. The number of carbonyl (C=O) groups is 1. The van der Waals surface area contributed by atoms with Crippen LogP contribution < -0.4 is 5.73 Å². The molecule has 3 heteroatoms. The van der Waals surface area contributed by atoms with Gasteiger partial charge in [-0.25, -0.2) is 0 Å². The molecule has 0 aromatic rings. The maximum absolute atomic E-state index is 10.5. The summed E-state index contributed by atoms with van der Waals surface area (Å²) in [4.78, 5) is 10.5. The van der Waals surface area contributed by atoms with Crippen molar-refractivity contribution in [1.82, 2.24) is 0 Å². The molecule has 0 aromatic heterocycles. The second kappa shape index (κ2) is 7.10. The van der Waals surface area contributed by atoms with E-state index in [9.17, 15) is 4.79 Å². The monoisotopic (exact) mass is 173 g/mol. The Kier molecular flexibility index (Phi) is 6.76. The van der Waals surface area contributed by atoms with Gasteiger partial charge < -0.3 is 10.5 Å². The van der Waals surface area contributed by atoms with E-state index in [1.807, 2.05) is 0 Å². The molecule has 0 rings (SSSR count). The van der Waals surface area contributed by atoms with E-state index in [-0.39, 0.29) is 5.91 Å². The van der Waals surface area contributed by atoms with Gasteiger partial charge in [-0.05, 0) is 13.3 Å². The summed E-state index contributed by atoms with van der Waals surface area (Å²) in [7, 11) is 0. The van der Waals surface area contributed by atoms with Gasteiger partial charge in [0.1, 0.15) is 6.10 Å². The van der Waals surface area contributed by atoms with Crippen LogP contribution in [0.25, 0.3) is 0 Å². The topological polar surface area (TPSA) is 52.3 Å². The Balaban J connectivity index is 3.14. The number of hydrogen-bond acceptors (Lipinski definition) is 2. The zero-order chi connectivity index (χ0) is 9.40. The van der Waals surface area contributed by atoms with E-state index in [4.69, 9.17) is 10.5 Å². The average molecular weight is 173 g/mol. The molecule has 0 radical (unpaired) electrons. The van der Waals surface area contributed by atoms with Crippen LogP contribution in [0, 0.1) is 0 Å². The van der Waals surface area contributed by atoms with Gasteiger partial charge in [-0.1, -0.05) is 26.2 Å². The molecule has 3 nitrogen and oxygen atoms in total. The van der Waals surface area contributed by atoms with Crippen LogP contribution in [0.3, 0.4) is 0 Å². The standard InChI is InChI=1S/C9H19NO2/c1-3-4-5-6-7-12-8(2)9(10)11/h8H,3-7H2,1-2H3,(H2,10,11). The van der Waals surface area contributed by atoms with Crippen molar-refractivity contribution >= 4 is 5.91 Å². The third-order valence-corrected chi connectivity index (χ3v) is 1.77. The van der Waals surface area contributed by atoms with Crippen molar-refractivity contribution < 1.29 is 9.53 Å². The number of amides is 1. The lowest BCUT2D eigenvalue weighted by atomic mass is 10.2. The van der Waals surface area contributed by atoms with Crippen molar-refractivity contribution in [2.24, 2.45) is 5.73 Å². The van der Waals surface area contributed by atoms with E-state index >= 15 is 0 Å². The fourth-order valence-corrected chi connectivity index (χ4v) is 0.871. The quantitative estimate of drug-likeness (QED) is 0.592. The van der Waals surface area contributed by atoms with Crippen LogP contribution in [0.15, 0.2) is 0 Å². The van der Waals surface area contributed by atoms with E-state index in [0.29, 0.717) is 6.61 Å². The molecule has 0 aliphatic heterocycles. The molecule has 0 aliphatic rings. The van der Waals surface area contributed by atoms with Crippen molar-refractivity contribution in [2.45, 2.75) is 45.6 Å². The molecule has 1 atom stereocenters. The maximum atomic E-state index is 10.5. The van der Waals surface area contributed by atoms with Gasteiger partial charge in [0.05, 0.1) is 0 Å². The predicted molar refractivity (Wildman–Crippen MR) is 48.8 cm³/mol. The molecule has 2 N–H and O–H groups in total. The zero-order valence-corrected chi connectivity index (χ0v) is 8.01. The molecule has 0 aromatic carbocycles. The zero-order valence-electron chi connectivity index (χ0n) is 8.01. The van der Waals surface area contributed by atoms with Crippen LogP contribution in [-0.4, -0.2) is 18.6 Å². The first-order valence-corrected chi connectivity index (χ1v) is 4.59. The molecule has 0 heterocycles. The van der Waals surface area contributed by atoms with Crippen molar-refractivity contribution in [1.29, 1.82) is 0 Å². The summed E-state index contributed by atoms with van der Waals surface area (Å²) in [6.45, 7) is 4.49. The Labute approximate surface area is 74.3 Å². The maximum Gasteiger partial charge on any atom is 0.246 e. The third kappa shape index (κ3) is 6.16. The minimum Gasteiger partial charge on any atom is -0.369 e. The predicted octanol–water partition coefficient (Wildman–Crippen LogP) is 1.46. The summed E-state index contributed by atoms with van der Waals surface area (Å²) in [5, 5.41) is 0. The van der Waals surface area contributed by atoms with E-state index in [1.54, 1.807) is 6.92 Å². The molecular weight excluding hydrogens is 154 g/mol. The highest BCUT2D eigenvalue weighted by Gasteiger charge is 2.06. The fraction of sp³-hybridized carbons (Fsp3) is 0.889. The smallest absolute Gasteiger partial charge is 0.246 e. The largest absolute Gasteiger partial charge is 0.369 e. The molecule has 12 heavy (non-hydrogen) atoms. The van der Waals surface area contributed by atoms with Crippen LogP contribution >= 0.6 is 0 Å². The van der Waals surface area contributed by atoms with Crippen LogP contribution in [0.4, 0.5) is 0 Å². The van der Waals surface area contributed by atoms with Gasteiger partial charge in [0, 0.05) is 6.61 Å². The summed E-state index contributed by atoms with van der Waals surface area (Å²) < 4.78 is 5.18. The fourth-order valence-electron chi connectivity index (χ4n) is 0.871. The first-order chi connectivity index (χ1) is 5.68. The number of hydrogen-bond donors (Lipinski definition) is 1. The normalized spacial score (nSPS) is 12.8. The van der Waals surface area contributed by atoms with Crippen molar-refractivity contribution in [3.8, 4) is 0 Å². The van der Waals surface area contributed by atoms with Crippen molar-refractivity contribution in [3.05, 3.63) is 0 Å². The van der Waals surface area contributed by atoms with Crippen molar-refractivity contribution in [2.75, 3.05) is 6.61 Å². The first kappa shape index (κ1) is 11.4. The van der Waals surface area contributed by atoms with Crippen LogP contribution in [0.5, 0.6) is 0 Å². The number of ether oxygens (including phenoxy) is 1. The van der Waals surface area contributed by atoms with E-state index < -0.39 is 6.10 Å². The number of nitrogens with two attached hydrogens (primary N) is 1. The summed E-state index contributed by atoms with van der Waals surface area (Å²) in [6.07, 6.45) is 4.19. The van der Waals surface area contributed by atoms with E-state index in [2.05, 4.69) is 6.92 Å². The molecular formula is C9H19NO2. The summed E-state index contributed by atoms with van der Waals surface area (Å²) in [6, 6.07) is 0. The summed E-state index contributed by atoms with van der Waals surface area (Å²) >= 11 is 0. The van der Waals surface area contributed by atoms with Gasteiger partial charge >= 0.3 is 0 Å². The lowest BCUT2D eigenvalue weighted by molar-refractivity contribution is -0.128. The summed E-state index contributed by atoms with van der Waals surface area (Å²) in [5.41, 5.74) is 5.01. The first-order valence-electron chi connectivity index (χ1n) is 4.59. The lowest BCUT2D eigenvalue weighted by Crippen LogP contribution is -2.28. The van der Waals surface area contributed by atoms with Crippen LogP contribution in [0.1, 0.15) is 39.5 Å². The highest BCUT2D eigenvalue weighted by atomic mass is 16.5. The Bertz CT molecular complexity index is 126. The third-order valence-electron chi connectivity index (χ3n) is 1.77. The van der Waals surface area contributed by atoms with Gasteiger partial charge in [-0.2, -0.15) is 0 Å². The Morgan fingerprint density at radius 1 is 1.42 bits per heavy atom. The van der Waals surface area contributed by atoms with Gasteiger partial charge in [0.15, 0.2) is 0 Å². The molecule has 0 spiro atoms. The van der Waals surface area contributed by atoms with Crippen LogP contribution in [-0.2, 0) is 9.53 Å². The molecule has 1 amide bonds. The second-order valence-electron chi connectivity index (χ2n) is 2.98. The Morgan fingerprint density at radius 3 is 2.58 bits per heavy atom. The van der Waals surface area contributed by atoms with Gasteiger partial charge in [-0.15, -0.1) is 0 Å². The highest BCUT2D eigenvalue weighted by Crippen LogP contribution is 2.00. The van der Waals surface area contributed by atoms with Gasteiger partial charge in [0.25, 0.3) is 0 Å². The molecule has 0 aliphatic carbocycles. The SMILES string of the molecule is CCCCCCOC(C)C(N)=O. The van der Waals surface area contributed by atoms with Crippen LogP contribution in [0.2, 0.25) is 0 Å². The highest BCUT2D eigenvalue weighted by molar-refractivity contribution is 5.78. The molecule has 0 fully saturated rings. The Hall–Kier alpha value is -0.570. The number of rotatable bonds is 7. The molecule has 0 bridgehead atoms. The second-order valence-corrected chi connectivity index (χ2v) is 2.98.